The van der Waals surface area contributed by atoms with Gasteiger partial charge in [0, 0.05) is 15.6 Å². The highest BCUT2D eigenvalue weighted by Crippen LogP contribution is 2.43. The van der Waals surface area contributed by atoms with Crippen molar-refractivity contribution in [2.45, 2.75) is 13.8 Å². The van der Waals surface area contributed by atoms with Gasteiger partial charge in [0.25, 0.3) is 6.47 Å². The average molecular weight is 459 g/mol. The van der Waals surface area contributed by atoms with Gasteiger partial charge in [-0.25, -0.2) is 0 Å². The highest BCUT2D eigenvalue weighted by atomic mass is 32.1. The van der Waals surface area contributed by atoms with Gasteiger partial charge in [-0.05, 0) is 66.9 Å². The summed E-state index contributed by atoms with van der Waals surface area (Å²) in [4.78, 5) is 24.5. The first-order chi connectivity index (χ1) is 16.0. The molecule has 0 amide bonds. The molecule has 33 heavy (non-hydrogen) atoms. The summed E-state index contributed by atoms with van der Waals surface area (Å²) >= 11 is 1.39. The van der Waals surface area contributed by atoms with Crippen molar-refractivity contribution in [2.24, 2.45) is 0 Å². The van der Waals surface area contributed by atoms with E-state index in [-0.39, 0.29) is 5.78 Å². The Morgan fingerprint density at radius 2 is 1.64 bits per heavy atom. The number of hydrogen-bond acceptors (Lipinski definition) is 6. The predicted molar refractivity (Wildman–Crippen MR) is 130 cm³/mol. The molecule has 3 aromatic carbocycles. The number of carbonyl (C=O) groups excluding carboxylic acids is 2. The molecule has 166 valence electrons. The van der Waals surface area contributed by atoms with Gasteiger partial charge in [-0.2, -0.15) is 0 Å². The Morgan fingerprint density at radius 1 is 0.939 bits per heavy atom. The molecular weight excluding hydrogens is 436 g/mol. The molecule has 5 nitrogen and oxygen atoms in total. The zero-order valence-electron chi connectivity index (χ0n) is 18.5. The number of ketones is 1. The van der Waals surface area contributed by atoms with Crippen molar-refractivity contribution in [3.05, 3.63) is 94.1 Å². The van der Waals surface area contributed by atoms with Crippen molar-refractivity contribution in [3.63, 3.8) is 0 Å². The fourth-order valence-corrected chi connectivity index (χ4v) is 4.74. The molecule has 0 saturated carbocycles. The Balaban J connectivity index is 1.78. The summed E-state index contributed by atoms with van der Waals surface area (Å²) in [6, 6.07) is 18.8. The predicted octanol–water partition coefficient (Wildman–Crippen LogP) is 6.69. The molecule has 0 atom stereocenters. The van der Waals surface area contributed by atoms with Crippen LogP contribution in [0, 0.1) is 13.8 Å². The summed E-state index contributed by atoms with van der Waals surface area (Å²) in [6.07, 6.45) is 2.98. The lowest BCUT2D eigenvalue weighted by molar-refractivity contribution is -0.123. The van der Waals surface area contributed by atoms with Crippen LogP contribution in [0.3, 0.4) is 0 Å². The molecule has 0 radical (unpaired) electrons. The van der Waals surface area contributed by atoms with Crippen LogP contribution in [0.1, 0.15) is 31.9 Å². The molecule has 0 saturated heterocycles. The maximum Gasteiger partial charge on any atom is 0.297 e. The van der Waals surface area contributed by atoms with Gasteiger partial charge in [0.2, 0.25) is 5.78 Å². The number of carbonyl (C=O) groups is 2. The summed E-state index contributed by atoms with van der Waals surface area (Å²) in [6.45, 7) is 4.24. The van der Waals surface area contributed by atoms with E-state index in [1.165, 1.54) is 17.6 Å². The smallest absolute Gasteiger partial charge is 0.297 e. The summed E-state index contributed by atoms with van der Waals surface area (Å²) in [7, 11) is 1.62. The van der Waals surface area contributed by atoms with Crippen LogP contribution < -0.4 is 9.47 Å². The summed E-state index contributed by atoms with van der Waals surface area (Å²) < 4.78 is 17.1. The molecule has 6 heteroatoms. The van der Waals surface area contributed by atoms with E-state index in [0.29, 0.717) is 28.4 Å². The van der Waals surface area contributed by atoms with E-state index in [2.05, 4.69) is 4.74 Å². The van der Waals surface area contributed by atoms with Gasteiger partial charge < -0.3 is 14.2 Å². The number of methoxy groups -OCH3 is 1. The Morgan fingerprint density at radius 3 is 2.30 bits per heavy atom. The first-order valence-electron chi connectivity index (χ1n) is 10.3. The molecular formula is C27H22O5S. The van der Waals surface area contributed by atoms with E-state index in [4.69, 9.17) is 9.47 Å². The molecule has 4 aromatic rings. The molecule has 0 unspecified atom stereocenters. The van der Waals surface area contributed by atoms with Crippen molar-refractivity contribution in [3.8, 4) is 17.2 Å². The largest absolute Gasteiger partial charge is 0.497 e. The normalized spacial score (nSPS) is 11.0. The molecule has 1 heterocycles. The zero-order chi connectivity index (χ0) is 23.4. The van der Waals surface area contributed by atoms with E-state index in [1.54, 1.807) is 25.3 Å². The lowest BCUT2D eigenvalue weighted by Crippen LogP contribution is -2.05. The maximum atomic E-state index is 13.7. The number of thiophene rings is 1. The molecule has 0 N–H and O–H groups in total. The Labute approximate surface area is 195 Å². The number of benzene rings is 3. The standard InChI is InChI=1S/C27H22O5S/c1-17-5-4-6-18(2)24(17)25(29)27-26(22-12-11-21(30-3)15-23(22)33-27)32-20-9-7-19(8-10-20)13-14-31-16-28/h4-16H,1-3H3/b14-13+. The Kier molecular flexibility index (Phi) is 6.56. The van der Waals surface area contributed by atoms with Crippen LogP contribution in [0.5, 0.6) is 17.2 Å². The summed E-state index contributed by atoms with van der Waals surface area (Å²) in [5.41, 5.74) is 3.39. The molecule has 0 bridgehead atoms. The zero-order valence-corrected chi connectivity index (χ0v) is 19.3. The number of aryl methyl sites for hydroxylation is 2. The second-order valence-corrected chi connectivity index (χ2v) is 8.48. The monoisotopic (exact) mass is 458 g/mol. The van der Waals surface area contributed by atoms with Crippen LogP contribution >= 0.6 is 11.3 Å². The lowest BCUT2D eigenvalue weighted by atomic mass is 9.98. The second-order valence-electron chi connectivity index (χ2n) is 7.42. The van der Waals surface area contributed by atoms with E-state index in [1.807, 2.05) is 62.4 Å². The van der Waals surface area contributed by atoms with E-state index >= 15 is 0 Å². The quantitative estimate of drug-likeness (QED) is 0.167. The lowest BCUT2D eigenvalue weighted by Gasteiger charge is -2.11. The van der Waals surface area contributed by atoms with Gasteiger partial charge in [-0.15, -0.1) is 11.3 Å². The SMILES string of the molecule is COc1ccc2c(Oc3ccc(/C=C/OC=O)cc3)c(C(=O)c3c(C)cccc3C)sc2c1. The summed E-state index contributed by atoms with van der Waals surface area (Å²) in [5.74, 6) is 1.77. The van der Waals surface area contributed by atoms with Crippen LogP contribution in [-0.2, 0) is 9.53 Å². The minimum atomic E-state index is -0.0636. The first kappa shape index (κ1) is 22.3. The molecule has 0 aliphatic heterocycles. The highest BCUT2D eigenvalue weighted by Gasteiger charge is 2.24. The number of rotatable bonds is 8. The Bertz CT molecular complexity index is 1330. The van der Waals surface area contributed by atoms with Gasteiger partial charge in [0.15, 0.2) is 5.75 Å². The van der Waals surface area contributed by atoms with Crippen LogP contribution in [0.2, 0.25) is 0 Å². The third kappa shape index (κ3) is 4.66. The van der Waals surface area contributed by atoms with Gasteiger partial charge in [0.1, 0.15) is 16.4 Å². The first-order valence-corrected chi connectivity index (χ1v) is 11.1. The van der Waals surface area contributed by atoms with Crippen molar-refractivity contribution in [2.75, 3.05) is 7.11 Å². The minimum absolute atomic E-state index is 0.0636. The van der Waals surface area contributed by atoms with E-state index in [0.717, 1.165) is 32.5 Å². The van der Waals surface area contributed by atoms with Crippen LogP contribution in [0.15, 0.2) is 66.9 Å². The number of hydrogen-bond donors (Lipinski definition) is 0. The van der Waals surface area contributed by atoms with Crippen molar-refractivity contribution in [1.82, 2.24) is 0 Å². The molecule has 0 spiro atoms. The number of fused-ring (bicyclic) bond motifs is 1. The molecule has 0 aliphatic rings. The van der Waals surface area contributed by atoms with Gasteiger partial charge in [0.05, 0.1) is 13.4 Å². The topological polar surface area (TPSA) is 61.8 Å². The summed E-state index contributed by atoms with van der Waals surface area (Å²) in [5, 5.41) is 0.846. The van der Waals surface area contributed by atoms with E-state index < -0.39 is 0 Å². The third-order valence-electron chi connectivity index (χ3n) is 5.26. The maximum absolute atomic E-state index is 13.7. The van der Waals surface area contributed by atoms with Crippen molar-refractivity contribution in [1.29, 1.82) is 0 Å². The van der Waals surface area contributed by atoms with Gasteiger partial charge in [-0.1, -0.05) is 30.3 Å². The van der Waals surface area contributed by atoms with Crippen LogP contribution in [0.4, 0.5) is 0 Å². The second kappa shape index (κ2) is 9.71. The Hall–Kier alpha value is -3.90. The van der Waals surface area contributed by atoms with Gasteiger partial charge >= 0.3 is 0 Å². The fraction of sp³-hybridized carbons (Fsp3) is 0.111. The van der Waals surface area contributed by atoms with Crippen molar-refractivity contribution < 1.29 is 23.8 Å². The third-order valence-corrected chi connectivity index (χ3v) is 6.39. The number of ether oxygens (including phenoxy) is 3. The van der Waals surface area contributed by atoms with E-state index in [9.17, 15) is 9.59 Å². The molecule has 0 fully saturated rings. The van der Waals surface area contributed by atoms with Gasteiger partial charge in [-0.3, -0.25) is 9.59 Å². The van der Waals surface area contributed by atoms with Crippen molar-refractivity contribution >= 4 is 39.8 Å². The van der Waals surface area contributed by atoms with Crippen LogP contribution in [0.25, 0.3) is 16.2 Å². The van der Waals surface area contributed by atoms with Crippen LogP contribution in [-0.4, -0.2) is 19.4 Å². The fourth-order valence-electron chi connectivity index (χ4n) is 3.63. The highest BCUT2D eigenvalue weighted by molar-refractivity contribution is 7.21. The molecule has 4 rings (SSSR count). The minimum Gasteiger partial charge on any atom is -0.497 e. The molecule has 1 aromatic heterocycles. The average Bonchev–Trinajstić information content (AvgIpc) is 3.17. The molecule has 0 aliphatic carbocycles.